The quantitative estimate of drug-likeness (QED) is 0.678. The third-order valence-corrected chi connectivity index (χ3v) is 5.24. The predicted molar refractivity (Wildman–Crippen MR) is 110 cm³/mol. The lowest BCUT2D eigenvalue weighted by Gasteiger charge is -2.09. The van der Waals surface area contributed by atoms with Crippen molar-refractivity contribution in [3.8, 4) is 11.3 Å². The number of nitrogens with two attached hydrogens (primary N) is 1. The summed E-state index contributed by atoms with van der Waals surface area (Å²) in [5.41, 5.74) is 8.97. The molecule has 3 rings (SSSR count). The second-order valence-electron chi connectivity index (χ2n) is 6.34. The van der Waals surface area contributed by atoms with Crippen molar-refractivity contribution in [2.24, 2.45) is 0 Å². The van der Waals surface area contributed by atoms with Gasteiger partial charge in [-0.05, 0) is 46.6 Å². The molecule has 0 radical (unpaired) electrons. The summed E-state index contributed by atoms with van der Waals surface area (Å²) < 4.78 is 11.9. The Morgan fingerprint density at radius 2 is 1.74 bits per heavy atom. The molecule has 3 N–H and O–H groups in total. The van der Waals surface area contributed by atoms with Crippen molar-refractivity contribution in [2.45, 2.75) is 11.8 Å². The molecule has 27 heavy (non-hydrogen) atoms. The highest BCUT2D eigenvalue weighted by Crippen LogP contribution is 2.20. The number of aryl methyl sites for hydroxylation is 1. The standard InChI is InChI=1S/C20H20N4O2S/c1-13-4-6-14(7-5-13)17-12-22-19(21)18(24-17)20(25)23-15-8-10-16(11-9-15)27(2,3)26/h4-12H,2H2,1,3H3,(H2,21,22)(H,23,25). The van der Waals surface area contributed by atoms with E-state index in [0.717, 1.165) is 11.1 Å². The summed E-state index contributed by atoms with van der Waals surface area (Å²) in [4.78, 5) is 21.7. The molecule has 6 nitrogen and oxygen atoms in total. The number of hydrogen-bond donors (Lipinski definition) is 2. The third kappa shape index (κ3) is 4.32. The van der Waals surface area contributed by atoms with Gasteiger partial charge in [-0.1, -0.05) is 29.8 Å². The average Bonchev–Trinajstić information content (AvgIpc) is 2.62. The van der Waals surface area contributed by atoms with E-state index in [0.29, 0.717) is 16.3 Å². The first-order chi connectivity index (χ1) is 12.7. The van der Waals surface area contributed by atoms with Gasteiger partial charge in [0.1, 0.15) is 0 Å². The summed E-state index contributed by atoms with van der Waals surface area (Å²) in [7, 11) is -2.30. The lowest BCUT2D eigenvalue weighted by molar-refractivity contribution is 0.102. The van der Waals surface area contributed by atoms with Crippen LogP contribution in [0, 0.1) is 6.92 Å². The number of aromatic nitrogens is 2. The summed E-state index contributed by atoms with van der Waals surface area (Å²) in [6, 6.07) is 14.4. The summed E-state index contributed by atoms with van der Waals surface area (Å²) in [5, 5.41) is 2.73. The molecule has 1 atom stereocenters. The molecule has 7 heteroatoms. The number of nitrogen functional groups attached to an aromatic ring is 1. The molecular formula is C20H20N4O2S. The molecule has 1 amide bonds. The number of nitrogens with zero attached hydrogens (tertiary/aromatic N) is 2. The largest absolute Gasteiger partial charge is 0.382 e. The first-order valence-corrected chi connectivity index (χ1v) is 10.3. The van der Waals surface area contributed by atoms with Gasteiger partial charge in [-0.2, -0.15) is 0 Å². The van der Waals surface area contributed by atoms with E-state index in [1.165, 1.54) is 6.20 Å². The molecule has 0 aliphatic rings. The van der Waals surface area contributed by atoms with E-state index >= 15 is 0 Å². The maximum atomic E-state index is 12.6. The van der Waals surface area contributed by atoms with Crippen LogP contribution in [0.2, 0.25) is 0 Å². The Bertz CT molecular complexity index is 1090. The van der Waals surface area contributed by atoms with Gasteiger partial charge in [0.05, 0.1) is 11.9 Å². The zero-order valence-corrected chi connectivity index (χ0v) is 15.9. The van der Waals surface area contributed by atoms with E-state index in [4.69, 9.17) is 5.73 Å². The van der Waals surface area contributed by atoms with E-state index in [1.807, 2.05) is 31.2 Å². The number of anilines is 2. The van der Waals surface area contributed by atoms with Crippen molar-refractivity contribution in [1.29, 1.82) is 0 Å². The zero-order valence-electron chi connectivity index (χ0n) is 15.1. The maximum Gasteiger partial charge on any atom is 0.278 e. The van der Waals surface area contributed by atoms with Crippen LogP contribution in [0.4, 0.5) is 11.5 Å². The van der Waals surface area contributed by atoms with E-state index in [2.05, 4.69) is 21.2 Å². The number of rotatable bonds is 4. The Balaban J connectivity index is 1.86. The highest BCUT2D eigenvalue weighted by molar-refractivity contribution is 7.99. The van der Waals surface area contributed by atoms with E-state index in [-0.39, 0.29) is 11.5 Å². The van der Waals surface area contributed by atoms with Gasteiger partial charge in [0.2, 0.25) is 0 Å². The lowest BCUT2D eigenvalue weighted by Crippen LogP contribution is -2.17. The van der Waals surface area contributed by atoms with Crippen LogP contribution < -0.4 is 11.1 Å². The van der Waals surface area contributed by atoms with Crippen molar-refractivity contribution in [3.63, 3.8) is 0 Å². The molecule has 0 fully saturated rings. The van der Waals surface area contributed by atoms with Crippen LogP contribution in [0.25, 0.3) is 11.3 Å². The smallest absolute Gasteiger partial charge is 0.278 e. The molecule has 0 aliphatic heterocycles. The van der Waals surface area contributed by atoms with Gasteiger partial charge in [0.15, 0.2) is 11.5 Å². The molecule has 0 bridgehead atoms. The second kappa shape index (κ2) is 7.20. The first-order valence-electron chi connectivity index (χ1n) is 8.17. The van der Waals surface area contributed by atoms with Gasteiger partial charge in [-0.15, -0.1) is 0 Å². The molecule has 1 unspecified atom stereocenters. The molecular weight excluding hydrogens is 360 g/mol. The second-order valence-corrected chi connectivity index (χ2v) is 8.82. The minimum absolute atomic E-state index is 0.0496. The van der Waals surface area contributed by atoms with Gasteiger partial charge >= 0.3 is 0 Å². The van der Waals surface area contributed by atoms with Crippen LogP contribution >= 0.6 is 0 Å². The summed E-state index contributed by atoms with van der Waals surface area (Å²) >= 11 is 0. The molecule has 1 heterocycles. The monoisotopic (exact) mass is 380 g/mol. The minimum Gasteiger partial charge on any atom is -0.382 e. The van der Waals surface area contributed by atoms with Crippen molar-refractivity contribution < 1.29 is 9.00 Å². The Labute approximate surface area is 158 Å². The van der Waals surface area contributed by atoms with Crippen molar-refractivity contribution in [2.75, 3.05) is 17.3 Å². The van der Waals surface area contributed by atoms with Crippen molar-refractivity contribution in [3.05, 3.63) is 66.0 Å². The first kappa shape index (κ1) is 18.6. The Morgan fingerprint density at radius 1 is 1.11 bits per heavy atom. The Hall–Kier alpha value is -3.19. The predicted octanol–water partition coefficient (Wildman–Crippen LogP) is 2.99. The normalized spacial score (nSPS) is 13.0. The number of amides is 1. The number of benzene rings is 2. The van der Waals surface area contributed by atoms with Crippen LogP contribution in [-0.4, -0.2) is 32.2 Å². The van der Waals surface area contributed by atoms with Crippen LogP contribution in [0.3, 0.4) is 0 Å². The fraction of sp³-hybridized carbons (Fsp3) is 0.100. The summed E-state index contributed by atoms with van der Waals surface area (Å²) in [5.74, 6) is 3.23. The molecule has 0 spiro atoms. The zero-order chi connectivity index (χ0) is 19.6. The fourth-order valence-corrected chi connectivity index (χ4v) is 3.16. The maximum absolute atomic E-state index is 12.6. The van der Waals surface area contributed by atoms with Gasteiger partial charge < -0.3 is 11.1 Å². The molecule has 0 saturated carbocycles. The molecule has 2 aromatic carbocycles. The lowest BCUT2D eigenvalue weighted by atomic mass is 10.1. The average molecular weight is 380 g/mol. The molecule has 138 valence electrons. The minimum atomic E-state index is -2.30. The third-order valence-electron chi connectivity index (χ3n) is 3.97. The van der Waals surface area contributed by atoms with Gasteiger partial charge in [0, 0.05) is 22.4 Å². The fourth-order valence-electron chi connectivity index (χ4n) is 2.45. The van der Waals surface area contributed by atoms with Crippen LogP contribution in [0.1, 0.15) is 16.1 Å². The number of carbonyl (C=O) groups excluding carboxylic acids is 1. The molecule has 0 aliphatic carbocycles. The van der Waals surface area contributed by atoms with E-state index < -0.39 is 15.4 Å². The van der Waals surface area contributed by atoms with Crippen LogP contribution in [-0.2, 0) is 9.52 Å². The van der Waals surface area contributed by atoms with E-state index in [1.54, 1.807) is 30.5 Å². The molecule has 1 aromatic heterocycles. The molecule has 0 saturated heterocycles. The summed E-state index contributed by atoms with van der Waals surface area (Å²) in [6.07, 6.45) is 3.10. The van der Waals surface area contributed by atoms with Crippen molar-refractivity contribution >= 4 is 32.8 Å². The van der Waals surface area contributed by atoms with Crippen LogP contribution in [0.5, 0.6) is 0 Å². The molecule has 3 aromatic rings. The highest BCUT2D eigenvalue weighted by Gasteiger charge is 2.15. The SMILES string of the molecule is C=S(C)(=O)c1ccc(NC(=O)c2nc(-c3ccc(C)cc3)cnc2N)cc1. The Kier molecular flexibility index (Phi) is 4.96. The topological polar surface area (TPSA) is 98.0 Å². The highest BCUT2D eigenvalue weighted by atomic mass is 32.2. The number of carbonyl (C=O) groups is 1. The van der Waals surface area contributed by atoms with Gasteiger partial charge in [-0.25, -0.2) is 9.97 Å². The van der Waals surface area contributed by atoms with Crippen molar-refractivity contribution in [1.82, 2.24) is 9.97 Å². The Morgan fingerprint density at radius 3 is 2.33 bits per heavy atom. The van der Waals surface area contributed by atoms with Gasteiger partial charge in [-0.3, -0.25) is 9.00 Å². The van der Waals surface area contributed by atoms with E-state index in [9.17, 15) is 9.00 Å². The number of nitrogens with one attached hydrogen (secondary N) is 1. The van der Waals surface area contributed by atoms with Gasteiger partial charge in [0.25, 0.3) is 5.91 Å². The number of hydrogen-bond acceptors (Lipinski definition) is 5. The summed E-state index contributed by atoms with van der Waals surface area (Å²) in [6.45, 7) is 1.99. The van der Waals surface area contributed by atoms with Crippen LogP contribution in [0.15, 0.2) is 59.6 Å².